The summed E-state index contributed by atoms with van der Waals surface area (Å²) in [5.74, 6) is -1.59. The fraction of sp³-hybridized carbons (Fsp3) is 0.300. The predicted octanol–water partition coefficient (Wildman–Crippen LogP) is 1.76. The van der Waals surface area contributed by atoms with Gasteiger partial charge in [-0.2, -0.15) is 4.39 Å². The minimum atomic E-state index is -0.941. The number of nitrogens with zero attached hydrogens (tertiary/aromatic N) is 1. The molecule has 0 unspecified atom stereocenters. The Hall–Kier alpha value is -1.98. The molecule has 6 heteroatoms. The summed E-state index contributed by atoms with van der Waals surface area (Å²) in [5.41, 5.74) is -0.132. The lowest BCUT2D eigenvalue weighted by atomic mass is 10.1. The molecule has 0 N–H and O–H groups in total. The van der Waals surface area contributed by atoms with Gasteiger partial charge in [-0.1, -0.05) is 0 Å². The third-order valence-corrected chi connectivity index (χ3v) is 2.03. The van der Waals surface area contributed by atoms with Gasteiger partial charge in [-0.15, -0.1) is 0 Å². The molecule has 0 aromatic heterocycles. The number of rotatable bonds is 3. The Bertz CT molecular complexity index is 445. The molecule has 0 fully saturated rings. The summed E-state index contributed by atoms with van der Waals surface area (Å²) in [4.78, 5) is 20.8. The molecule has 0 aliphatic carbocycles. The van der Waals surface area contributed by atoms with Gasteiger partial charge in [-0.05, 0) is 24.6 Å². The molecule has 0 amide bonds. The van der Waals surface area contributed by atoms with Crippen LogP contribution in [0.25, 0.3) is 0 Å². The molecule has 0 heterocycles. The van der Waals surface area contributed by atoms with Crippen molar-refractivity contribution in [3.05, 3.63) is 39.2 Å². The molecule has 0 atom stereocenters. The monoisotopic (exact) mass is 227 g/mol. The lowest BCUT2D eigenvalue weighted by Gasteiger charge is -2.04. The number of benzene rings is 1. The van der Waals surface area contributed by atoms with Gasteiger partial charge in [0.15, 0.2) is 0 Å². The Kier molecular flexibility index (Phi) is 3.55. The van der Waals surface area contributed by atoms with E-state index < -0.39 is 22.4 Å². The van der Waals surface area contributed by atoms with Gasteiger partial charge >= 0.3 is 11.7 Å². The van der Waals surface area contributed by atoms with Crippen molar-refractivity contribution in [3.8, 4) is 0 Å². The Morgan fingerprint density at radius 1 is 1.56 bits per heavy atom. The molecule has 1 aromatic rings. The number of methoxy groups -OCH3 is 1. The second-order valence-corrected chi connectivity index (χ2v) is 3.26. The van der Waals surface area contributed by atoms with E-state index in [0.29, 0.717) is 5.56 Å². The zero-order chi connectivity index (χ0) is 12.3. The highest BCUT2D eigenvalue weighted by atomic mass is 19.1. The summed E-state index contributed by atoms with van der Waals surface area (Å²) in [6.07, 6.45) is -0.314. The van der Waals surface area contributed by atoms with E-state index in [1.807, 2.05) is 0 Å². The maximum Gasteiger partial charge on any atom is 0.310 e. The summed E-state index contributed by atoms with van der Waals surface area (Å²) in [6.45, 7) is 1.59. The fourth-order valence-electron chi connectivity index (χ4n) is 1.37. The van der Waals surface area contributed by atoms with Crippen LogP contribution in [0.1, 0.15) is 11.1 Å². The molecule has 0 saturated carbocycles. The van der Waals surface area contributed by atoms with E-state index in [1.54, 1.807) is 6.92 Å². The molecule has 0 spiro atoms. The molecule has 0 radical (unpaired) electrons. The normalized spacial score (nSPS) is 9.94. The number of ether oxygens (including phenoxy) is 1. The van der Waals surface area contributed by atoms with Crippen LogP contribution in [0.4, 0.5) is 10.1 Å². The molecule has 0 aliphatic rings. The Morgan fingerprint density at radius 3 is 2.69 bits per heavy atom. The van der Waals surface area contributed by atoms with Gasteiger partial charge in [0.2, 0.25) is 5.82 Å². The molecule has 1 rings (SSSR count). The van der Waals surface area contributed by atoms with Crippen molar-refractivity contribution in [2.24, 2.45) is 0 Å². The van der Waals surface area contributed by atoms with Gasteiger partial charge in [0, 0.05) is 5.56 Å². The van der Waals surface area contributed by atoms with Crippen LogP contribution in [-0.4, -0.2) is 18.0 Å². The van der Waals surface area contributed by atoms with Crippen molar-refractivity contribution in [2.75, 3.05) is 7.11 Å². The number of aryl methyl sites for hydroxylation is 1. The molecular weight excluding hydrogens is 217 g/mol. The second kappa shape index (κ2) is 4.69. The predicted molar refractivity (Wildman–Crippen MR) is 53.5 cm³/mol. The van der Waals surface area contributed by atoms with Crippen LogP contribution in [0.15, 0.2) is 12.1 Å². The van der Waals surface area contributed by atoms with Gasteiger partial charge < -0.3 is 4.74 Å². The molecule has 5 nitrogen and oxygen atoms in total. The van der Waals surface area contributed by atoms with E-state index in [9.17, 15) is 19.3 Å². The van der Waals surface area contributed by atoms with Crippen molar-refractivity contribution in [1.82, 2.24) is 0 Å². The maximum absolute atomic E-state index is 13.3. The largest absolute Gasteiger partial charge is 0.469 e. The van der Waals surface area contributed by atoms with Crippen LogP contribution in [-0.2, 0) is 16.0 Å². The molecular formula is C10H10FNO4. The zero-order valence-corrected chi connectivity index (χ0v) is 8.82. The first-order valence-corrected chi connectivity index (χ1v) is 4.46. The SMILES string of the molecule is COC(=O)Cc1cc(C)cc(F)c1[N+](=O)[O-]. The topological polar surface area (TPSA) is 69.4 Å². The maximum atomic E-state index is 13.3. The number of halogens is 1. The average molecular weight is 227 g/mol. The Labute approximate surface area is 91.0 Å². The van der Waals surface area contributed by atoms with Crippen LogP contribution in [0.3, 0.4) is 0 Å². The van der Waals surface area contributed by atoms with Crippen molar-refractivity contribution in [3.63, 3.8) is 0 Å². The van der Waals surface area contributed by atoms with Crippen molar-refractivity contribution in [2.45, 2.75) is 13.3 Å². The van der Waals surface area contributed by atoms with Crippen LogP contribution in [0.5, 0.6) is 0 Å². The molecule has 16 heavy (non-hydrogen) atoms. The smallest absolute Gasteiger partial charge is 0.310 e. The van der Waals surface area contributed by atoms with Crippen molar-refractivity contribution < 1.29 is 18.8 Å². The summed E-state index contributed by atoms with van der Waals surface area (Å²) in [7, 11) is 1.17. The number of esters is 1. The molecule has 1 aromatic carbocycles. The molecule has 0 saturated heterocycles. The van der Waals surface area contributed by atoms with Gasteiger partial charge in [0.25, 0.3) is 0 Å². The van der Waals surface area contributed by atoms with Gasteiger partial charge in [-0.3, -0.25) is 14.9 Å². The minimum Gasteiger partial charge on any atom is -0.469 e. The second-order valence-electron chi connectivity index (χ2n) is 3.26. The molecule has 86 valence electrons. The zero-order valence-electron chi connectivity index (χ0n) is 8.82. The van der Waals surface area contributed by atoms with E-state index in [0.717, 1.165) is 6.07 Å². The number of hydrogen-bond donors (Lipinski definition) is 0. The lowest BCUT2D eigenvalue weighted by molar-refractivity contribution is -0.388. The number of carbonyl (C=O) groups excluding carboxylic acids is 1. The summed E-state index contributed by atoms with van der Waals surface area (Å²) in [5, 5.41) is 10.6. The third kappa shape index (κ3) is 2.53. The van der Waals surface area contributed by atoms with Crippen LogP contribution in [0.2, 0.25) is 0 Å². The van der Waals surface area contributed by atoms with E-state index in [-0.39, 0.29) is 12.0 Å². The lowest BCUT2D eigenvalue weighted by Crippen LogP contribution is -2.08. The summed E-state index contributed by atoms with van der Waals surface area (Å²) < 4.78 is 17.7. The first-order valence-electron chi connectivity index (χ1n) is 4.46. The number of hydrogen-bond acceptors (Lipinski definition) is 4. The Balaban J connectivity index is 3.24. The first-order chi connectivity index (χ1) is 7.45. The number of carbonyl (C=O) groups is 1. The van der Waals surface area contributed by atoms with Crippen molar-refractivity contribution >= 4 is 11.7 Å². The van der Waals surface area contributed by atoms with E-state index >= 15 is 0 Å². The molecule has 0 bridgehead atoms. The van der Waals surface area contributed by atoms with Gasteiger partial charge in [0.05, 0.1) is 18.5 Å². The number of nitro benzene ring substituents is 1. The van der Waals surface area contributed by atoms with E-state index in [4.69, 9.17) is 0 Å². The van der Waals surface area contributed by atoms with E-state index in [1.165, 1.54) is 13.2 Å². The Morgan fingerprint density at radius 2 is 2.19 bits per heavy atom. The quantitative estimate of drug-likeness (QED) is 0.448. The molecule has 0 aliphatic heterocycles. The van der Waals surface area contributed by atoms with Gasteiger partial charge in [-0.25, -0.2) is 0 Å². The first kappa shape index (κ1) is 12.1. The van der Waals surface area contributed by atoms with Crippen molar-refractivity contribution in [1.29, 1.82) is 0 Å². The number of nitro groups is 1. The highest BCUT2D eigenvalue weighted by Gasteiger charge is 2.22. The highest BCUT2D eigenvalue weighted by Crippen LogP contribution is 2.24. The van der Waals surface area contributed by atoms with Gasteiger partial charge in [0.1, 0.15) is 0 Å². The third-order valence-electron chi connectivity index (χ3n) is 2.03. The van der Waals surface area contributed by atoms with Crippen LogP contribution < -0.4 is 0 Å². The standard InChI is InChI=1S/C10H10FNO4/c1-6-3-7(5-9(13)16-2)10(12(14)15)8(11)4-6/h3-4H,5H2,1-2H3. The van der Waals surface area contributed by atoms with E-state index in [2.05, 4.69) is 4.74 Å². The van der Waals surface area contributed by atoms with Crippen LogP contribution in [0, 0.1) is 22.9 Å². The fourth-order valence-corrected chi connectivity index (χ4v) is 1.37. The van der Waals surface area contributed by atoms with Crippen LogP contribution >= 0.6 is 0 Å². The average Bonchev–Trinajstić information content (AvgIpc) is 2.15. The highest BCUT2D eigenvalue weighted by molar-refractivity contribution is 5.74. The summed E-state index contributed by atoms with van der Waals surface area (Å²) >= 11 is 0. The minimum absolute atomic E-state index is 0.0225. The summed E-state index contributed by atoms with van der Waals surface area (Å²) in [6, 6.07) is 2.46.